The van der Waals surface area contributed by atoms with Gasteiger partial charge in [0.1, 0.15) is 0 Å². The first-order valence-electron chi connectivity index (χ1n) is 4.86. The van der Waals surface area contributed by atoms with Gasteiger partial charge in [-0.25, -0.2) is 9.78 Å². The molecule has 0 unspecified atom stereocenters. The van der Waals surface area contributed by atoms with E-state index in [2.05, 4.69) is 4.98 Å². The molecular weight excluding hydrogens is 267 g/mol. The molecule has 0 aliphatic rings. The zero-order valence-corrected chi connectivity index (χ0v) is 10.8. The highest BCUT2D eigenvalue weighted by molar-refractivity contribution is 6.29. The third kappa shape index (κ3) is 1.68. The molecule has 0 spiro atoms. The van der Waals surface area contributed by atoms with E-state index in [-0.39, 0.29) is 10.8 Å². The number of imidazole rings is 1. The van der Waals surface area contributed by atoms with E-state index in [9.17, 15) is 9.59 Å². The number of halogens is 2. The zero-order chi connectivity index (χ0) is 12.7. The minimum Gasteiger partial charge on any atom is -0.299 e. The van der Waals surface area contributed by atoms with E-state index in [4.69, 9.17) is 23.2 Å². The smallest absolute Gasteiger partial charge is 0.299 e. The lowest BCUT2D eigenvalue weighted by Crippen LogP contribution is -2.37. The number of hydrogen-bond acceptors (Lipinski definition) is 3. The minimum atomic E-state index is -0.460. The van der Waals surface area contributed by atoms with Gasteiger partial charge in [0.2, 0.25) is 5.28 Å². The normalized spacial score (nSPS) is 11.3. The Morgan fingerprint density at radius 3 is 2.47 bits per heavy atom. The predicted octanol–water partition coefficient (Wildman–Crippen LogP) is 0.326. The van der Waals surface area contributed by atoms with Crippen molar-refractivity contribution in [2.24, 2.45) is 14.1 Å². The maximum absolute atomic E-state index is 11.9. The number of aromatic nitrogens is 4. The lowest BCUT2D eigenvalue weighted by molar-refractivity contribution is 0.683. The Balaban J connectivity index is 3.02. The molecule has 0 saturated carbocycles. The van der Waals surface area contributed by atoms with E-state index < -0.39 is 11.2 Å². The van der Waals surface area contributed by atoms with Crippen molar-refractivity contribution < 1.29 is 0 Å². The third-order valence-corrected chi connectivity index (χ3v) is 3.06. The molecule has 17 heavy (non-hydrogen) atoms. The van der Waals surface area contributed by atoms with Gasteiger partial charge in [-0.05, 0) is 11.6 Å². The predicted molar refractivity (Wildman–Crippen MR) is 65.9 cm³/mol. The molecule has 0 N–H and O–H groups in total. The minimum absolute atomic E-state index is 0.152. The highest BCUT2D eigenvalue weighted by atomic mass is 35.5. The lowest BCUT2D eigenvalue weighted by atomic mass is 10.5. The van der Waals surface area contributed by atoms with Gasteiger partial charge in [0.05, 0.1) is 0 Å². The summed E-state index contributed by atoms with van der Waals surface area (Å²) in [6.07, 6.45) is 0. The molecule has 8 heteroatoms. The fraction of sp³-hybridized carbons (Fsp3) is 0.444. The molecule has 2 aromatic rings. The fourth-order valence-corrected chi connectivity index (χ4v) is 2.16. The first-order chi connectivity index (χ1) is 7.99. The van der Waals surface area contributed by atoms with Crippen LogP contribution in [0.2, 0.25) is 5.28 Å². The molecule has 92 valence electrons. The first-order valence-corrected chi connectivity index (χ1v) is 5.78. The van der Waals surface area contributed by atoms with Crippen LogP contribution in [0.15, 0.2) is 9.59 Å². The Labute approximate surface area is 106 Å². The molecule has 2 heterocycles. The molecule has 2 aromatic heterocycles. The Bertz CT molecular complexity index is 698. The summed E-state index contributed by atoms with van der Waals surface area (Å²) in [7, 11) is 2.96. The van der Waals surface area contributed by atoms with Crippen molar-refractivity contribution in [3.05, 3.63) is 26.1 Å². The van der Waals surface area contributed by atoms with Crippen LogP contribution in [0, 0.1) is 0 Å². The molecule has 6 nitrogen and oxygen atoms in total. The second kappa shape index (κ2) is 4.19. The lowest BCUT2D eigenvalue weighted by Gasteiger charge is -2.07. The second-order valence-corrected chi connectivity index (χ2v) is 4.32. The number of alkyl halides is 1. The zero-order valence-electron chi connectivity index (χ0n) is 9.28. The summed E-state index contributed by atoms with van der Waals surface area (Å²) in [6, 6.07) is 0. The van der Waals surface area contributed by atoms with Crippen LogP contribution in [-0.4, -0.2) is 24.6 Å². The topological polar surface area (TPSA) is 61.8 Å². The standard InChI is InChI=1S/C9H10Cl2N4O2/c1-13-6-5(7(16)14(2)9(13)17)12-8(11)15(6)4-3-10/h3-4H2,1-2H3. The molecule has 0 aromatic carbocycles. The van der Waals surface area contributed by atoms with E-state index in [1.807, 2.05) is 0 Å². The summed E-state index contributed by atoms with van der Waals surface area (Å²) in [5.74, 6) is 0.314. The molecule has 0 bridgehead atoms. The largest absolute Gasteiger partial charge is 0.332 e. The summed E-state index contributed by atoms with van der Waals surface area (Å²) in [6.45, 7) is 0.386. The molecule has 0 radical (unpaired) electrons. The van der Waals surface area contributed by atoms with Gasteiger partial charge < -0.3 is 0 Å². The summed E-state index contributed by atoms with van der Waals surface area (Å²) in [5, 5.41) is 0.152. The van der Waals surface area contributed by atoms with Crippen LogP contribution in [0.5, 0.6) is 0 Å². The van der Waals surface area contributed by atoms with Crippen LogP contribution < -0.4 is 11.2 Å². The van der Waals surface area contributed by atoms with Crippen molar-refractivity contribution in [1.82, 2.24) is 18.7 Å². The Kier molecular flexibility index (Phi) is 3.01. The molecule has 2 rings (SSSR count). The van der Waals surface area contributed by atoms with E-state index >= 15 is 0 Å². The van der Waals surface area contributed by atoms with E-state index in [0.29, 0.717) is 18.1 Å². The number of aryl methyl sites for hydroxylation is 2. The molecular formula is C9H10Cl2N4O2. The number of hydrogen-bond donors (Lipinski definition) is 0. The van der Waals surface area contributed by atoms with Gasteiger partial charge in [0.15, 0.2) is 11.2 Å². The van der Waals surface area contributed by atoms with Gasteiger partial charge >= 0.3 is 5.69 Å². The Morgan fingerprint density at radius 1 is 1.24 bits per heavy atom. The highest BCUT2D eigenvalue weighted by Gasteiger charge is 2.17. The van der Waals surface area contributed by atoms with E-state index in [1.165, 1.54) is 11.6 Å². The third-order valence-electron chi connectivity index (χ3n) is 2.60. The van der Waals surface area contributed by atoms with Gasteiger partial charge in [-0.15, -0.1) is 11.6 Å². The molecule has 0 amide bonds. The maximum Gasteiger partial charge on any atom is 0.332 e. The van der Waals surface area contributed by atoms with E-state index in [1.54, 1.807) is 11.6 Å². The summed E-state index contributed by atoms with van der Waals surface area (Å²) >= 11 is 11.6. The summed E-state index contributed by atoms with van der Waals surface area (Å²) in [4.78, 5) is 27.6. The number of nitrogens with zero attached hydrogens (tertiary/aromatic N) is 4. The quantitative estimate of drug-likeness (QED) is 0.587. The van der Waals surface area contributed by atoms with Crippen molar-refractivity contribution in [3.63, 3.8) is 0 Å². The van der Waals surface area contributed by atoms with Crippen LogP contribution in [0.4, 0.5) is 0 Å². The number of rotatable bonds is 2. The van der Waals surface area contributed by atoms with Gasteiger partial charge in [0, 0.05) is 26.5 Å². The molecule has 0 atom stereocenters. The Morgan fingerprint density at radius 2 is 1.88 bits per heavy atom. The van der Waals surface area contributed by atoms with Crippen LogP contribution >= 0.6 is 23.2 Å². The first kappa shape index (κ1) is 12.2. The van der Waals surface area contributed by atoms with Crippen LogP contribution in [0.1, 0.15) is 0 Å². The van der Waals surface area contributed by atoms with Gasteiger partial charge in [-0.2, -0.15) is 0 Å². The summed E-state index contributed by atoms with van der Waals surface area (Å²) in [5.41, 5.74) is -0.318. The average Bonchev–Trinajstić information content (AvgIpc) is 2.62. The Hall–Kier alpha value is -1.27. The second-order valence-electron chi connectivity index (χ2n) is 3.60. The monoisotopic (exact) mass is 276 g/mol. The van der Waals surface area contributed by atoms with Gasteiger partial charge in [0.25, 0.3) is 5.56 Å². The molecule has 0 saturated heterocycles. The van der Waals surface area contributed by atoms with Crippen molar-refractivity contribution >= 4 is 34.4 Å². The summed E-state index contributed by atoms with van der Waals surface area (Å²) < 4.78 is 3.88. The molecule has 0 aliphatic carbocycles. The molecule has 0 aliphatic heterocycles. The molecule has 0 fully saturated rings. The van der Waals surface area contributed by atoms with Crippen molar-refractivity contribution in [2.45, 2.75) is 6.54 Å². The maximum atomic E-state index is 11.9. The van der Waals surface area contributed by atoms with Crippen molar-refractivity contribution in [2.75, 3.05) is 5.88 Å². The highest BCUT2D eigenvalue weighted by Crippen LogP contribution is 2.15. The number of fused-ring (bicyclic) bond motifs is 1. The SMILES string of the molecule is Cn1c(=O)c2nc(Cl)n(CCCl)c2n(C)c1=O. The van der Waals surface area contributed by atoms with E-state index in [0.717, 1.165) is 4.57 Å². The van der Waals surface area contributed by atoms with Crippen LogP contribution in [-0.2, 0) is 20.6 Å². The van der Waals surface area contributed by atoms with Crippen LogP contribution in [0.3, 0.4) is 0 Å². The average molecular weight is 277 g/mol. The van der Waals surface area contributed by atoms with Gasteiger partial charge in [-0.3, -0.25) is 18.5 Å². The van der Waals surface area contributed by atoms with Gasteiger partial charge in [-0.1, -0.05) is 0 Å². The van der Waals surface area contributed by atoms with Crippen LogP contribution in [0.25, 0.3) is 11.2 Å². The fourth-order valence-electron chi connectivity index (χ4n) is 1.75. The van der Waals surface area contributed by atoms with Crippen molar-refractivity contribution in [3.8, 4) is 0 Å². The van der Waals surface area contributed by atoms with Crippen molar-refractivity contribution in [1.29, 1.82) is 0 Å².